The number of carbonyl (C=O) groups is 2. The molecular weight excluding hydrogens is 380 g/mol. The molecule has 2 amide bonds. The summed E-state index contributed by atoms with van der Waals surface area (Å²) < 4.78 is 0. The molecule has 0 saturated heterocycles. The van der Waals surface area contributed by atoms with Crippen molar-refractivity contribution >= 4 is 40.4 Å². The highest BCUT2D eigenvalue weighted by molar-refractivity contribution is 7.10. The third kappa shape index (κ3) is 3.24. The Morgan fingerprint density at radius 2 is 1.81 bits per heavy atom. The number of carbonyl (C=O) groups excluding carboxylic acids is 2. The lowest BCUT2D eigenvalue weighted by Gasteiger charge is -2.39. The minimum Gasteiger partial charge on any atom is -0.333 e. The van der Waals surface area contributed by atoms with Crippen LogP contribution in [0.4, 0.5) is 5.69 Å². The zero-order valence-electron chi connectivity index (χ0n) is 14.6. The van der Waals surface area contributed by atoms with Crippen LogP contribution in [0.15, 0.2) is 66.0 Å². The number of nitrogens with zero attached hydrogens (tertiary/aromatic N) is 1. The number of halogens is 1. The van der Waals surface area contributed by atoms with Crippen molar-refractivity contribution in [3.8, 4) is 0 Å². The fourth-order valence-corrected chi connectivity index (χ4v) is 4.56. The third-order valence-corrected chi connectivity index (χ3v) is 6.00. The summed E-state index contributed by atoms with van der Waals surface area (Å²) in [6, 6.07) is 17.9. The molecular formula is C21H17ClN2O2S. The van der Waals surface area contributed by atoms with E-state index in [0.29, 0.717) is 16.3 Å². The summed E-state index contributed by atoms with van der Waals surface area (Å²) in [7, 11) is 1.76. The molecule has 3 aromatic rings. The van der Waals surface area contributed by atoms with Crippen LogP contribution in [0.2, 0.25) is 5.02 Å². The molecule has 0 bridgehead atoms. The van der Waals surface area contributed by atoms with E-state index in [2.05, 4.69) is 5.32 Å². The number of thiophene rings is 1. The van der Waals surface area contributed by atoms with E-state index in [1.807, 2.05) is 35.7 Å². The van der Waals surface area contributed by atoms with Crippen LogP contribution in [-0.4, -0.2) is 23.8 Å². The van der Waals surface area contributed by atoms with Crippen LogP contribution in [0.25, 0.3) is 0 Å². The number of hydrogen-bond donors (Lipinski definition) is 1. The summed E-state index contributed by atoms with van der Waals surface area (Å²) in [6.07, 6.45) is 0. The number of benzene rings is 2. The smallest absolute Gasteiger partial charge is 0.254 e. The number of hydrogen-bond acceptors (Lipinski definition) is 3. The monoisotopic (exact) mass is 396 g/mol. The molecule has 0 spiro atoms. The molecule has 4 rings (SSSR count). The quantitative estimate of drug-likeness (QED) is 0.680. The maximum atomic E-state index is 13.3. The van der Waals surface area contributed by atoms with Crippen LogP contribution < -0.4 is 5.32 Å². The molecule has 2 heterocycles. The molecule has 27 heavy (non-hydrogen) atoms. The molecule has 0 unspecified atom stereocenters. The van der Waals surface area contributed by atoms with Gasteiger partial charge in [0.05, 0.1) is 12.0 Å². The summed E-state index contributed by atoms with van der Waals surface area (Å²) in [4.78, 5) is 28.8. The van der Waals surface area contributed by atoms with Crippen LogP contribution in [0, 0.1) is 0 Å². The summed E-state index contributed by atoms with van der Waals surface area (Å²) in [5.41, 5.74) is 2.00. The van der Waals surface area contributed by atoms with E-state index < -0.39 is 5.92 Å². The molecule has 136 valence electrons. The largest absolute Gasteiger partial charge is 0.333 e. The minimum absolute atomic E-state index is 0.0699. The van der Waals surface area contributed by atoms with Gasteiger partial charge in [0.1, 0.15) is 0 Å². The molecule has 2 aromatic carbocycles. The van der Waals surface area contributed by atoms with Crippen molar-refractivity contribution in [1.82, 2.24) is 4.90 Å². The molecule has 0 saturated carbocycles. The Morgan fingerprint density at radius 1 is 1.07 bits per heavy atom. The highest BCUT2D eigenvalue weighted by Crippen LogP contribution is 2.43. The van der Waals surface area contributed by atoms with Gasteiger partial charge in [0.25, 0.3) is 5.91 Å². The van der Waals surface area contributed by atoms with Gasteiger partial charge in [-0.1, -0.05) is 35.9 Å². The topological polar surface area (TPSA) is 49.4 Å². The molecule has 0 aliphatic carbocycles. The zero-order valence-corrected chi connectivity index (χ0v) is 16.1. The van der Waals surface area contributed by atoms with Gasteiger partial charge < -0.3 is 10.2 Å². The SMILES string of the molecule is CN1C(=O)c2ccccc2[C@H](C(=O)Nc2ccc(Cl)cc2)[C@@H]1c1cccs1. The van der Waals surface area contributed by atoms with Gasteiger partial charge in [-0.15, -0.1) is 11.3 Å². The first-order valence-electron chi connectivity index (χ1n) is 8.52. The lowest BCUT2D eigenvalue weighted by atomic mass is 9.81. The molecule has 0 fully saturated rings. The molecule has 0 radical (unpaired) electrons. The second-order valence-corrected chi connectivity index (χ2v) is 7.85. The van der Waals surface area contributed by atoms with Gasteiger partial charge >= 0.3 is 0 Å². The van der Waals surface area contributed by atoms with Crippen molar-refractivity contribution in [3.05, 3.63) is 87.1 Å². The summed E-state index contributed by atoms with van der Waals surface area (Å²) in [5.74, 6) is -0.722. The molecule has 1 aliphatic heterocycles. The van der Waals surface area contributed by atoms with Crippen molar-refractivity contribution in [2.24, 2.45) is 0 Å². The van der Waals surface area contributed by atoms with E-state index in [4.69, 9.17) is 11.6 Å². The maximum Gasteiger partial charge on any atom is 0.254 e. The van der Waals surface area contributed by atoms with Crippen molar-refractivity contribution in [2.75, 3.05) is 12.4 Å². The zero-order chi connectivity index (χ0) is 19.0. The van der Waals surface area contributed by atoms with E-state index in [9.17, 15) is 9.59 Å². The van der Waals surface area contributed by atoms with E-state index in [-0.39, 0.29) is 17.9 Å². The van der Waals surface area contributed by atoms with E-state index in [1.165, 1.54) is 0 Å². The first-order chi connectivity index (χ1) is 13.1. The van der Waals surface area contributed by atoms with E-state index in [1.54, 1.807) is 53.6 Å². The number of nitrogens with one attached hydrogen (secondary N) is 1. The van der Waals surface area contributed by atoms with Crippen molar-refractivity contribution < 1.29 is 9.59 Å². The van der Waals surface area contributed by atoms with Crippen molar-refractivity contribution in [2.45, 2.75) is 12.0 Å². The lowest BCUT2D eigenvalue weighted by Crippen LogP contribution is -2.43. The van der Waals surface area contributed by atoms with Crippen LogP contribution in [0.3, 0.4) is 0 Å². The molecule has 4 nitrogen and oxygen atoms in total. The van der Waals surface area contributed by atoms with Gasteiger partial charge in [-0.05, 0) is 47.3 Å². The summed E-state index contributed by atoms with van der Waals surface area (Å²) in [6.45, 7) is 0. The lowest BCUT2D eigenvalue weighted by molar-refractivity contribution is -0.119. The van der Waals surface area contributed by atoms with Crippen LogP contribution >= 0.6 is 22.9 Å². The van der Waals surface area contributed by atoms with Crippen LogP contribution in [0.5, 0.6) is 0 Å². The number of rotatable bonds is 3. The number of likely N-dealkylation sites (N-methyl/N-ethyl adjacent to an activating group) is 1. The number of anilines is 1. The maximum absolute atomic E-state index is 13.3. The van der Waals surface area contributed by atoms with Crippen LogP contribution in [-0.2, 0) is 4.79 Å². The first kappa shape index (κ1) is 17.8. The number of fused-ring (bicyclic) bond motifs is 1. The van der Waals surface area contributed by atoms with E-state index in [0.717, 1.165) is 10.4 Å². The van der Waals surface area contributed by atoms with E-state index >= 15 is 0 Å². The van der Waals surface area contributed by atoms with Gasteiger partial charge in [-0.3, -0.25) is 9.59 Å². The third-order valence-electron chi connectivity index (χ3n) is 4.81. The Bertz CT molecular complexity index is 986. The first-order valence-corrected chi connectivity index (χ1v) is 9.78. The average Bonchev–Trinajstić information content (AvgIpc) is 3.20. The van der Waals surface area contributed by atoms with Gasteiger partial charge in [0.15, 0.2) is 0 Å². The fraction of sp³-hybridized carbons (Fsp3) is 0.143. The Morgan fingerprint density at radius 3 is 2.52 bits per heavy atom. The van der Waals surface area contributed by atoms with Gasteiger partial charge in [-0.25, -0.2) is 0 Å². The standard InChI is InChI=1S/C21H17ClN2O2S/c1-24-19(17-7-4-12-27-17)18(15-5-2-3-6-16(15)21(24)26)20(25)23-14-10-8-13(22)9-11-14/h2-12,18-19H,1H3,(H,23,25)/t18-,19-/m0/s1. The normalized spacial score (nSPS) is 18.9. The van der Waals surface area contributed by atoms with Gasteiger partial charge in [-0.2, -0.15) is 0 Å². The molecule has 1 aliphatic rings. The summed E-state index contributed by atoms with van der Waals surface area (Å²) >= 11 is 7.48. The van der Waals surface area contributed by atoms with Crippen LogP contribution in [0.1, 0.15) is 32.8 Å². The highest BCUT2D eigenvalue weighted by Gasteiger charge is 2.43. The van der Waals surface area contributed by atoms with Gasteiger partial charge in [0, 0.05) is 28.2 Å². The predicted octanol–water partition coefficient (Wildman–Crippen LogP) is 4.95. The Labute approximate surface area is 166 Å². The van der Waals surface area contributed by atoms with Crippen molar-refractivity contribution in [3.63, 3.8) is 0 Å². The molecule has 2 atom stereocenters. The average molecular weight is 397 g/mol. The Hall–Kier alpha value is -2.63. The molecule has 1 N–H and O–H groups in total. The Kier molecular flexibility index (Phi) is 4.72. The Balaban J connectivity index is 1.78. The number of amides is 2. The second-order valence-electron chi connectivity index (χ2n) is 6.44. The van der Waals surface area contributed by atoms with Crippen molar-refractivity contribution in [1.29, 1.82) is 0 Å². The summed E-state index contributed by atoms with van der Waals surface area (Å²) in [5, 5.41) is 5.55. The molecule has 1 aromatic heterocycles. The predicted molar refractivity (Wildman–Crippen MR) is 108 cm³/mol. The molecule has 6 heteroatoms. The fourth-order valence-electron chi connectivity index (χ4n) is 3.53. The minimum atomic E-state index is -0.502. The highest BCUT2D eigenvalue weighted by atomic mass is 35.5. The van der Waals surface area contributed by atoms with Gasteiger partial charge in [0.2, 0.25) is 5.91 Å². The second kappa shape index (κ2) is 7.18.